The zero-order chi connectivity index (χ0) is 16.3. The molecule has 5 nitrogen and oxygen atoms in total. The van der Waals surface area contributed by atoms with Gasteiger partial charge in [0, 0.05) is 15.6 Å². The summed E-state index contributed by atoms with van der Waals surface area (Å²) in [6, 6.07) is 9.47. The molecule has 0 aromatic heterocycles. The van der Waals surface area contributed by atoms with Crippen LogP contribution in [0, 0.1) is 10.1 Å². The summed E-state index contributed by atoms with van der Waals surface area (Å²) in [6.45, 7) is 2.02. The molecule has 0 fully saturated rings. The normalized spacial score (nSPS) is 10.3. The predicted molar refractivity (Wildman–Crippen MR) is 89.6 cm³/mol. The lowest BCUT2D eigenvalue weighted by atomic mass is 10.1. The van der Waals surface area contributed by atoms with Gasteiger partial charge in [-0.1, -0.05) is 24.6 Å². The SMILES string of the molecule is CCc1ccc(NC(=O)c2ccc(Cl)cc2[N+](=O)[O-])c(Br)c1. The Hall–Kier alpha value is -1.92. The third-order valence-corrected chi connectivity index (χ3v) is 3.98. The molecule has 2 aromatic rings. The van der Waals surface area contributed by atoms with Crippen molar-refractivity contribution in [3.63, 3.8) is 0 Å². The summed E-state index contributed by atoms with van der Waals surface area (Å²) < 4.78 is 0.719. The summed E-state index contributed by atoms with van der Waals surface area (Å²) in [5.74, 6) is -0.562. The third kappa shape index (κ3) is 3.64. The van der Waals surface area contributed by atoms with Gasteiger partial charge < -0.3 is 5.32 Å². The van der Waals surface area contributed by atoms with Crippen LogP contribution >= 0.6 is 27.5 Å². The Morgan fingerprint density at radius 1 is 1.32 bits per heavy atom. The highest BCUT2D eigenvalue weighted by atomic mass is 79.9. The van der Waals surface area contributed by atoms with E-state index < -0.39 is 10.8 Å². The predicted octanol–water partition coefficient (Wildman–Crippen LogP) is 4.83. The fraction of sp³-hybridized carbons (Fsp3) is 0.133. The number of carbonyl (C=O) groups is 1. The molecule has 0 bridgehead atoms. The van der Waals surface area contributed by atoms with Crippen LogP contribution in [0.4, 0.5) is 11.4 Å². The number of amides is 1. The van der Waals surface area contributed by atoms with Crippen LogP contribution in [0.2, 0.25) is 5.02 Å². The minimum absolute atomic E-state index is 0.0409. The van der Waals surface area contributed by atoms with Crippen LogP contribution in [0.1, 0.15) is 22.8 Å². The van der Waals surface area contributed by atoms with Gasteiger partial charge in [-0.2, -0.15) is 0 Å². The molecule has 22 heavy (non-hydrogen) atoms. The molecule has 0 saturated carbocycles. The van der Waals surface area contributed by atoms with Gasteiger partial charge in [0.2, 0.25) is 0 Å². The number of carbonyl (C=O) groups excluding carboxylic acids is 1. The summed E-state index contributed by atoms with van der Waals surface area (Å²) >= 11 is 9.12. The molecular weight excluding hydrogens is 372 g/mol. The molecule has 0 heterocycles. The minimum atomic E-state index is -0.629. The molecule has 0 radical (unpaired) electrons. The monoisotopic (exact) mass is 382 g/mol. The van der Waals surface area contributed by atoms with E-state index >= 15 is 0 Å². The number of anilines is 1. The maximum Gasteiger partial charge on any atom is 0.283 e. The number of nitrogens with zero attached hydrogens (tertiary/aromatic N) is 1. The first-order valence-electron chi connectivity index (χ1n) is 6.46. The van der Waals surface area contributed by atoms with Gasteiger partial charge >= 0.3 is 0 Å². The quantitative estimate of drug-likeness (QED) is 0.607. The van der Waals surface area contributed by atoms with Gasteiger partial charge in [-0.05, 0) is 52.2 Å². The molecule has 0 aliphatic rings. The molecule has 114 valence electrons. The molecule has 7 heteroatoms. The first kappa shape index (κ1) is 16.5. The largest absolute Gasteiger partial charge is 0.321 e. The zero-order valence-electron chi connectivity index (χ0n) is 11.6. The van der Waals surface area contributed by atoms with Gasteiger partial charge in [0.05, 0.1) is 10.6 Å². The van der Waals surface area contributed by atoms with E-state index in [0.717, 1.165) is 22.5 Å². The lowest BCUT2D eigenvalue weighted by Crippen LogP contribution is -2.14. The summed E-state index contributed by atoms with van der Waals surface area (Å²) in [7, 11) is 0. The lowest BCUT2D eigenvalue weighted by molar-refractivity contribution is -0.385. The number of nitro benzene ring substituents is 1. The van der Waals surface area contributed by atoms with Crippen molar-refractivity contribution in [1.29, 1.82) is 0 Å². The third-order valence-electron chi connectivity index (χ3n) is 3.09. The van der Waals surface area contributed by atoms with Gasteiger partial charge in [0.1, 0.15) is 5.56 Å². The van der Waals surface area contributed by atoms with Crippen molar-refractivity contribution in [1.82, 2.24) is 0 Å². The molecule has 0 aliphatic heterocycles. The average molecular weight is 384 g/mol. The van der Waals surface area contributed by atoms with Crippen molar-refractivity contribution in [2.24, 2.45) is 0 Å². The molecule has 1 N–H and O–H groups in total. The maximum absolute atomic E-state index is 12.3. The topological polar surface area (TPSA) is 72.2 Å². The number of hydrogen-bond donors (Lipinski definition) is 1. The van der Waals surface area contributed by atoms with E-state index in [-0.39, 0.29) is 16.3 Å². The Bertz CT molecular complexity index is 750. The standard InChI is InChI=1S/C15H12BrClN2O3/c1-2-9-3-6-13(12(16)7-9)18-15(20)11-5-4-10(17)8-14(11)19(21)22/h3-8H,2H2,1H3,(H,18,20). The fourth-order valence-corrected chi connectivity index (χ4v) is 2.61. The number of hydrogen-bond acceptors (Lipinski definition) is 3. The van der Waals surface area contributed by atoms with Crippen molar-refractivity contribution in [2.45, 2.75) is 13.3 Å². The van der Waals surface area contributed by atoms with E-state index in [0.29, 0.717) is 5.69 Å². The molecule has 2 rings (SSSR count). The zero-order valence-corrected chi connectivity index (χ0v) is 13.9. The van der Waals surface area contributed by atoms with E-state index in [4.69, 9.17) is 11.6 Å². The summed E-state index contributed by atoms with van der Waals surface area (Å²) in [4.78, 5) is 22.7. The van der Waals surface area contributed by atoms with Gasteiger partial charge in [-0.25, -0.2) is 0 Å². The molecule has 0 saturated heterocycles. The average Bonchev–Trinajstić information content (AvgIpc) is 2.48. The maximum atomic E-state index is 12.3. The molecule has 1 amide bonds. The van der Waals surface area contributed by atoms with Crippen molar-refractivity contribution < 1.29 is 9.72 Å². The van der Waals surface area contributed by atoms with Crippen LogP contribution in [0.25, 0.3) is 0 Å². The summed E-state index contributed by atoms with van der Waals surface area (Å²) in [6.07, 6.45) is 0.871. The van der Waals surface area contributed by atoms with Gasteiger partial charge in [0.25, 0.3) is 11.6 Å². The van der Waals surface area contributed by atoms with E-state index in [2.05, 4.69) is 21.2 Å². The summed E-state index contributed by atoms with van der Waals surface area (Å²) in [5.41, 5.74) is 1.29. The van der Waals surface area contributed by atoms with Gasteiger partial charge in [-0.15, -0.1) is 0 Å². The summed E-state index contributed by atoms with van der Waals surface area (Å²) in [5, 5.41) is 13.9. The fourth-order valence-electron chi connectivity index (χ4n) is 1.92. The number of nitrogens with one attached hydrogen (secondary N) is 1. The molecule has 0 aliphatic carbocycles. The van der Waals surface area contributed by atoms with Crippen molar-refractivity contribution in [3.05, 3.63) is 67.1 Å². The van der Waals surface area contributed by atoms with Gasteiger partial charge in [0.15, 0.2) is 0 Å². The van der Waals surface area contributed by atoms with E-state index in [1.165, 1.54) is 12.1 Å². The van der Waals surface area contributed by atoms with Crippen LogP contribution in [0.3, 0.4) is 0 Å². The second-order valence-electron chi connectivity index (χ2n) is 4.54. The number of aryl methyl sites for hydroxylation is 1. The second-order valence-corrected chi connectivity index (χ2v) is 5.83. The Kier molecular flexibility index (Phi) is 5.15. The highest BCUT2D eigenvalue weighted by molar-refractivity contribution is 9.10. The first-order valence-corrected chi connectivity index (χ1v) is 7.63. The second kappa shape index (κ2) is 6.89. The van der Waals surface area contributed by atoms with E-state index in [9.17, 15) is 14.9 Å². The highest BCUT2D eigenvalue weighted by Crippen LogP contribution is 2.27. The molecule has 0 unspecified atom stereocenters. The van der Waals surface area contributed by atoms with Crippen LogP contribution in [-0.2, 0) is 6.42 Å². The highest BCUT2D eigenvalue weighted by Gasteiger charge is 2.21. The van der Waals surface area contributed by atoms with Crippen molar-refractivity contribution in [3.8, 4) is 0 Å². The van der Waals surface area contributed by atoms with E-state index in [1.54, 1.807) is 6.07 Å². The Morgan fingerprint density at radius 3 is 2.64 bits per heavy atom. The lowest BCUT2D eigenvalue weighted by Gasteiger charge is -2.09. The van der Waals surface area contributed by atoms with E-state index in [1.807, 2.05) is 19.1 Å². The molecule has 0 atom stereocenters. The van der Waals surface area contributed by atoms with Crippen molar-refractivity contribution >= 4 is 44.8 Å². The molecule has 0 spiro atoms. The van der Waals surface area contributed by atoms with Gasteiger partial charge in [-0.3, -0.25) is 14.9 Å². The van der Waals surface area contributed by atoms with Crippen molar-refractivity contribution in [2.75, 3.05) is 5.32 Å². The Labute approximate surface area is 140 Å². The number of nitro groups is 1. The Balaban J connectivity index is 2.32. The minimum Gasteiger partial charge on any atom is -0.321 e. The molecular formula is C15H12BrClN2O3. The van der Waals surface area contributed by atoms with Crippen LogP contribution in [-0.4, -0.2) is 10.8 Å². The van der Waals surface area contributed by atoms with Crippen LogP contribution in [0.15, 0.2) is 40.9 Å². The number of rotatable bonds is 4. The smallest absolute Gasteiger partial charge is 0.283 e. The first-order chi connectivity index (χ1) is 10.4. The number of benzene rings is 2. The number of halogens is 2. The van der Waals surface area contributed by atoms with Crippen LogP contribution < -0.4 is 5.32 Å². The van der Waals surface area contributed by atoms with Crippen LogP contribution in [0.5, 0.6) is 0 Å². The Morgan fingerprint density at radius 2 is 2.05 bits per heavy atom. The molecule has 2 aromatic carbocycles.